The number of rotatable bonds is 23. The van der Waals surface area contributed by atoms with Crippen LogP contribution in [-0.2, 0) is 57.4 Å². The number of benzene rings is 2. The van der Waals surface area contributed by atoms with Crippen LogP contribution in [0.1, 0.15) is 219 Å². The maximum atomic E-state index is 13.6. The third-order valence-electron chi connectivity index (χ3n) is 17.2. The first-order valence-corrected chi connectivity index (χ1v) is 30.4. The molecule has 2 aromatic carbocycles. The summed E-state index contributed by atoms with van der Waals surface area (Å²) in [4.78, 5) is 89.8. The molecule has 87 heavy (non-hydrogen) atoms. The molecule has 2 saturated heterocycles. The fraction of sp³-hybridized carbons (Fsp3) is 0.701. The molecule has 0 N–H and O–H groups in total. The van der Waals surface area contributed by atoms with Gasteiger partial charge in [0.15, 0.2) is 19.3 Å². The summed E-state index contributed by atoms with van der Waals surface area (Å²) in [6, 6.07) is 19.7. The van der Waals surface area contributed by atoms with E-state index in [1.807, 2.05) is 123 Å². The lowest BCUT2D eigenvalue weighted by Crippen LogP contribution is -2.67. The van der Waals surface area contributed by atoms with Gasteiger partial charge in [0.2, 0.25) is 0 Å². The molecular weight excluding hydrogens is 1140 g/mol. The molecule has 2 aliphatic rings. The largest absolute Gasteiger partial charge is 0.460 e. The van der Waals surface area contributed by atoms with Crippen molar-refractivity contribution in [3.8, 4) is 0 Å². The SMILES string of the molecule is C=C(C)C(=O)OCC(F)(F)F.CCC1(C)CC(=O)C(C)C(C)(CC)N1OC(CC(C)c1ccccc1)C(=O)OC(C)(C)C.CCC1(C)CC(=O)C(C)C(C)(CC)N1OCC(C)(CC(CC(C)c1ccccc1)C(=O)OC(C)(C)C)C(=O)OCC(F)(F)F. The van der Waals surface area contributed by atoms with Crippen LogP contribution in [0.2, 0.25) is 0 Å². The number of hydrogen-bond acceptors (Lipinski definition) is 14. The minimum atomic E-state index is -4.73. The van der Waals surface area contributed by atoms with Gasteiger partial charge in [0.1, 0.15) is 22.8 Å². The molecule has 20 heteroatoms. The van der Waals surface area contributed by atoms with Gasteiger partial charge in [-0.3, -0.25) is 28.9 Å². The molecule has 2 heterocycles. The molecule has 2 aromatic rings. The highest BCUT2D eigenvalue weighted by Gasteiger charge is 2.57. The number of ketones is 2. The van der Waals surface area contributed by atoms with Gasteiger partial charge in [-0.25, -0.2) is 9.59 Å². The quantitative estimate of drug-likeness (QED) is 0.0447. The minimum Gasteiger partial charge on any atom is -0.460 e. The van der Waals surface area contributed by atoms with Crippen LogP contribution in [0.5, 0.6) is 0 Å². The van der Waals surface area contributed by atoms with E-state index in [-0.39, 0.29) is 72.6 Å². The molecular formula is C67H102F6N2O12. The lowest BCUT2D eigenvalue weighted by atomic mass is 9.70. The fourth-order valence-corrected chi connectivity index (χ4v) is 10.9. The Morgan fingerprint density at radius 1 is 0.598 bits per heavy atom. The summed E-state index contributed by atoms with van der Waals surface area (Å²) in [6.45, 7) is 36.9. The van der Waals surface area contributed by atoms with E-state index in [4.69, 9.17) is 23.9 Å². The zero-order valence-corrected chi connectivity index (χ0v) is 55.5. The van der Waals surface area contributed by atoms with Crippen molar-refractivity contribution in [2.45, 2.75) is 260 Å². The number of carbonyl (C=O) groups is 6. The van der Waals surface area contributed by atoms with Gasteiger partial charge in [0.05, 0.1) is 40.1 Å². The van der Waals surface area contributed by atoms with Crippen molar-refractivity contribution in [3.05, 3.63) is 83.9 Å². The molecule has 11 unspecified atom stereocenters. The highest BCUT2D eigenvalue weighted by Crippen LogP contribution is 2.47. The van der Waals surface area contributed by atoms with Crippen LogP contribution in [0.25, 0.3) is 0 Å². The lowest BCUT2D eigenvalue weighted by Gasteiger charge is -2.56. The Labute approximate surface area is 514 Å². The lowest BCUT2D eigenvalue weighted by molar-refractivity contribution is -0.316. The Morgan fingerprint density at radius 3 is 1.38 bits per heavy atom. The second-order valence-corrected chi connectivity index (χ2v) is 27.1. The highest BCUT2D eigenvalue weighted by molar-refractivity contribution is 5.87. The number of nitrogens with zero attached hydrogens (tertiary/aromatic N) is 2. The number of alkyl halides is 6. The van der Waals surface area contributed by atoms with Gasteiger partial charge in [0.25, 0.3) is 0 Å². The second-order valence-electron chi connectivity index (χ2n) is 27.1. The van der Waals surface area contributed by atoms with Crippen LogP contribution in [0.15, 0.2) is 72.8 Å². The molecule has 14 nitrogen and oxygen atoms in total. The third-order valence-corrected chi connectivity index (χ3v) is 17.2. The summed E-state index contributed by atoms with van der Waals surface area (Å²) in [5.74, 6) is -4.12. The average Bonchev–Trinajstić information content (AvgIpc) is 0.875. The maximum absolute atomic E-state index is 13.6. The van der Waals surface area contributed by atoms with E-state index >= 15 is 0 Å². The first-order valence-electron chi connectivity index (χ1n) is 30.4. The number of halogens is 6. The summed E-state index contributed by atoms with van der Waals surface area (Å²) in [5, 5.41) is 3.76. The fourth-order valence-electron chi connectivity index (χ4n) is 10.9. The Morgan fingerprint density at radius 2 is 0.989 bits per heavy atom. The van der Waals surface area contributed by atoms with Crippen LogP contribution >= 0.6 is 0 Å². The molecule has 0 spiro atoms. The second kappa shape index (κ2) is 31.5. The van der Waals surface area contributed by atoms with Gasteiger partial charge >= 0.3 is 36.2 Å². The highest BCUT2D eigenvalue weighted by atomic mass is 19.4. The predicted molar refractivity (Wildman–Crippen MR) is 323 cm³/mol. The number of Topliss-reactive ketones (excluding diaryl/α,β-unsaturated/α-hetero) is 2. The van der Waals surface area contributed by atoms with Crippen molar-refractivity contribution < 1.29 is 83.7 Å². The van der Waals surface area contributed by atoms with Crippen molar-refractivity contribution in [2.24, 2.45) is 23.2 Å². The standard InChI is InChI=1S/C34H52F3NO6.C27H43NO4.C6H7F3O2/c1-11-32(9)20-27(39)24(4)33(10,12-2)38(32)43-21-31(8,29(41)42-22-34(35,36)37)19-26(28(40)44-30(5,6)7)18-23(3)25-16-14-13-15-17-25;1-10-26(8)18-22(29)20(4)27(9,11-2)28(26)32-23(24(30)31-25(5,6)7)17-19(3)21-15-13-12-14-16-21;1-4(2)5(10)11-3-6(7,8)9/h13-17,23-24,26H,11-12,18-22H2,1-10H3;12-16,19-20,23H,10-11,17-18H2,1-9H3;1,3H2,2H3. The topological polar surface area (TPSA) is 164 Å². The number of ether oxygens (including phenoxy) is 4. The zero-order valence-electron chi connectivity index (χ0n) is 55.5. The number of hydroxylamine groups is 4. The average molecular weight is 1240 g/mol. The Balaban J connectivity index is 0.000000522. The first kappa shape index (κ1) is 77.9. The summed E-state index contributed by atoms with van der Waals surface area (Å²) in [7, 11) is 0. The van der Waals surface area contributed by atoms with E-state index in [2.05, 4.69) is 58.1 Å². The van der Waals surface area contributed by atoms with Crippen LogP contribution in [0.4, 0.5) is 26.3 Å². The zero-order chi connectivity index (χ0) is 67.1. The van der Waals surface area contributed by atoms with Gasteiger partial charge < -0.3 is 18.9 Å². The number of hydrogen-bond donors (Lipinski definition) is 0. The van der Waals surface area contributed by atoms with Crippen LogP contribution in [0, 0.1) is 23.2 Å². The van der Waals surface area contributed by atoms with E-state index < -0.39 is 94.3 Å². The van der Waals surface area contributed by atoms with E-state index in [1.165, 1.54) is 13.8 Å². The van der Waals surface area contributed by atoms with Crippen LogP contribution in [-0.4, -0.2) is 117 Å². The van der Waals surface area contributed by atoms with Gasteiger partial charge in [0, 0.05) is 30.3 Å². The van der Waals surface area contributed by atoms with Gasteiger partial charge in [-0.15, -0.1) is 0 Å². The molecule has 0 radical (unpaired) electrons. The number of carbonyl (C=O) groups excluding carboxylic acids is 6. The normalized spacial score (nSPS) is 25.2. The molecule has 2 fully saturated rings. The molecule has 0 aromatic heterocycles. The number of piperidine rings is 2. The minimum absolute atomic E-state index is 0.0470. The Kier molecular flexibility index (Phi) is 28.2. The summed E-state index contributed by atoms with van der Waals surface area (Å²) in [6.07, 6.45) is -6.09. The van der Waals surface area contributed by atoms with E-state index in [0.29, 0.717) is 25.7 Å². The van der Waals surface area contributed by atoms with Crippen molar-refractivity contribution in [1.29, 1.82) is 0 Å². The molecule has 0 bridgehead atoms. The molecule has 0 saturated carbocycles. The molecule has 11 atom stereocenters. The predicted octanol–water partition coefficient (Wildman–Crippen LogP) is 15.6. The van der Waals surface area contributed by atoms with Gasteiger partial charge in [-0.1, -0.05) is 123 Å². The van der Waals surface area contributed by atoms with Crippen molar-refractivity contribution in [2.75, 3.05) is 19.8 Å². The maximum Gasteiger partial charge on any atom is 0.422 e. The Hall–Kier alpha value is -5.18. The Bertz CT molecular complexity index is 2590. The summed E-state index contributed by atoms with van der Waals surface area (Å²) >= 11 is 0. The van der Waals surface area contributed by atoms with Crippen molar-refractivity contribution >= 4 is 35.4 Å². The van der Waals surface area contributed by atoms with E-state index in [0.717, 1.165) is 24.0 Å². The molecule has 4 rings (SSSR count). The molecule has 494 valence electrons. The molecule has 0 aliphatic carbocycles. The van der Waals surface area contributed by atoms with Crippen molar-refractivity contribution in [3.63, 3.8) is 0 Å². The summed E-state index contributed by atoms with van der Waals surface area (Å²) in [5.41, 5.74) is -3.43. The third kappa shape index (κ3) is 23.0. The van der Waals surface area contributed by atoms with Gasteiger partial charge in [-0.2, -0.15) is 36.5 Å². The smallest absolute Gasteiger partial charge is 0.422 e. The van der Waals surface area contributed by atoms with Crippen LogP contribution in [0.3, 0.4) is 0 Å². The monoisotopic (exact) mass is 1240 g/mol. The van der Waals surface area contributed by atoms with Crippen LogP contribution < -0.4 is 0 Å². The number of esters is 4. The van der Waals surface area contributed by atoms with Gasteiger partial charge in [-0.05, 0) is 151 Å². The first-order chi connectivity index (χ1) is 39.7. The van der Waals surface area contributed by atoms with E-state index in [9.17, 15) is 55.1 Å². The molecule has 0 amide bonds. The van der Waals surface area contributed by atoms with Crippen molar-refractivity contribution in [1.82, 2.24) is 10.1 Å². The molecule has 2 aliphatic heterocycles. The summed E-state index contributed by atoms with van der Waals surface area (Å²) < 4.78 is 93.7. The van der Waals surface area contributed by atoms with E-state index in [1.54, 1.807) is 25.8 Å².